The van der Waals surface area contributed by atoms with Crippen molar-refractivity contribution in [3.8, 4) is 5.75 Å². The quantitative estimate of drug-likeness (QED) is 0.705. The topological polar surface area (TPSA) is 9.23 Å². The van der Waals surface area contributed by atoms with Gasteiger partial charge in [-0.2, -0.15) is 0 Å². The van der Waals surface area contributed by atoms with Gasteiger partial charge in [0.25, 0.3) is 0 Å². The van der Waals surface area contributed by atoms with Crippen molar-refractivity contribution in [2.45, 2.75) is 5.38 Å². The van der Waals surface area contributed by atoms with Crippen LogP contribution in [0.5, 0.6) is 5.75 Å². The summed E-state index contributed by atoms with van der Waals surface area (Å²) in [7, 11) is 1.54. The van der Waals surface area contributed by atoms with Crippen molar-refractivity contribution in [2.24, 2.45) is 0 Å². The number of rotatable bonds is 3. The summed E-state index contributed by atoms with van der Waals surface area (Å²) in [5, 5.41) is -0.890. The van der Waals surface area contributed by atoms with E-state index >= 15 is 0 Å². The van der Waals surface area contributed by atoms with Crippen LogP contribution >= 0.6 is 27.5 Å². The number of halogens is 4. The molecule has 1 atom stereocenters. The van der Waals surface area contributed by atoms with Crippen molar-refractivity contribution in [3.05, 3.63) is 63.6 Å². The van der Waals surface area contributed by atoms with Crippen LogP contribution in [-0.2, 0) is 0 Å². The van der Waals surface area contributed by atoms with Crippen LogP contribution in [0.1, 0.15) is 16.5 Å². The summed E-state index contributed by atoms with van der Waals surface area (Å²) >= 11 is 9.19. The van der Waals surface area contributed by atoms with Gasteiger partial charge in [-0.05, 0) is 29.8 Å². The number of benzene rings is 2. The molecule has 0 amide bonds. The molecule has 1 unspecified atom stereocenters. The third-order valence-corrected chi connectivity index (χ3v) is 3.63. The highest BCUT2D eigenvalue weighted by Gasteiger charge is 2.20. The first-order chi connectivity index (χ1) is 9.02. The predicted molar refractivity (Wildman–Crippen MR) is 74.7 cm³/mol. The van der Waals surface area contributed by atoms with Crippen LogP contribution in [0, 0.1) is 11.6 Å². The van der Waals surface area contributed by atoms with Crippen LogP contribution in [0.3, 0.4) is 0 Å². The highest BCUT2D eigenvalue weighted by molar-refractivity contribution is 9.10. The molecule has 0 aliphatic heterocycles. The average Bonchev–Trinajstić information content (AvgIpc) is 2.37. The van der Waals surface area contributed by atoms with Gasteiger partial charge in [-0.3, -0.25) is 0 Å². The van der Waals surface area contributed by atoms with E-state index in [-0.39, 0.29) is 5.56 Å². The lowest BCUT2D eigenvalue weighted by molar-refractivity contribution is 0.414. The average molecular weight is 348 g/mol. The molecule has 0 aliphatic carbocycles. The van der Waals surface area contributed by atoms with Crippen LogP contribution in [0.25, 0.3) is 0 Å². The molecule has 0 saturated carbocycles. The van der Waals surface area contributed by atoms with Crippen molar-refractivity contribution in [2.75, 3.05) is 7.11 Å². The van der Waals surface area contributed by atoms with Gasteiger partial charge in [0.15, 0.2) is 0 Å². The molecule has 0 bridgehead atoms. The molecule has 19 heavy (non-hydrogen) atoms. The highest BCUT2D eigenvalue weighted by atomic mass is 79.9. The van der Waals surface area contributed by atoms with Crippen molar-refractivity contribution >= 4 is 27.5 Å². The van der Waals surface area contributed by atoms with Crippen LogP contribution in [0.2, 0.25) is 0 Å². The standard InChI is InChI=1S/C14H10BrClF2O/c1-19-10-4-2-8(3-5-10)14(16)13-11(17)6-9(15)7-12(13)18/h2-7,14H,1H3. The van der Waals surface area contributed by atoms with Gasteiger partial charge in [-0.1, -0.05) is 28.1 Å². The Morgan fingerprint density at radius 3 is 2.11 bits per heavy atom. The van der Waals surface area contributed by atoms with Crippen molar-refractivity contribution < 1.29 is 13.5 Å². The fourth-order valence-corrected chi connectivity index (χ4v) is 2.49. The van der Waals surface area contributed by atoms with E-state index in [9.17, 15) is 8.78 Å². The molecule has 0 heterocycles. The van der Waals surface area contributed by atoms with Gasteiger partial charge in [-0.15, -0.1) is 11.6 Å². The summed E-state index contributed by atoms with van der Waals surface area (Å²) in [6, 6.07) is 9.13. The molecule has 0 N–H and O–H groups in total. The lowest BCUT2D eigenvalue weighted by atomic mass is 10.0. The molecule has 0 aliphatic rings. The first kappa shape index (κ1) is 14.3. The summed E-state index contributed by atoms with van der Waals surface area (Å²) in [6.45, 7) is 0. The van der Waals surface area contributed by atoms with E-state index in [0.29, 0.717) is 15.8 Å². The molecular formula is C14H10BrClF2O. The molecule has 100 valence electrons. The Bertz CT molecular complexity index is 563. The lowest BCUT2D eigenvalue weighted by Gasteiger charge is -2.13. The monoisotopic (exact) mass is 346 g/mol. The number of methoxy groups -OCH3 is 1. The number of alkyl halides is 1. The third kappa shape index (κ3) is 3.07. The molecule has 5 heteroatoms. The van der Waals surface area contributed by atoms with E-state index in [2.05, 4.69) is 15.9 Å². The van der Waals surface area contributed by atoms with Gasteiger partial charge in [0.2, 0.25) is 0 Å². The van der Waals surface area contributed by atoms with Crippen molar-refractivity contribution in [1.82, 2.24) is 0 Å². The van der Waals surface area contributed by atoms with Gasteiger partial charge in [0, 0.05) is 10.0 Å². The lowest BCUT2D eigenvalue weighted by Crippen LogP contribution is -2.01. The van der Waals surface area contributed by atoms with Crippen molar-refractivity contribution in [1.29, 1.82) is 0 Å². The Hall–Kier alpha value is -1.13. The maximum atomic E-state index is 13.8. The van der Waals surface area contributed by atoms with Gasteiger partial charge in [0.1, 0.15) is 17.4 Å². The largest absolute Gasteiger partial charge is 0.497 e. The van der Waals surface area contributed by atoms with Crippen LogP contribution < -0.4 is 4.74 Å². The summed E-state index contributed by atoms with van der Waals surface area (Å²) in [6.07, 6.45) is 0. The smallest absolute Gasteiger partial charge is 0.132 e. The summed E-state index contributed by atoms with van der Waals surface area (Å²) in [4.78, 5) is 0. The molecule has 2 aromatic carbocycles. The second-order valence-corrected chi connectivity index (χ2v) is 5.27. The Morgan fingerprint density at radius 1 is 1.11 bits per heavy atom. The van der Waals surface area contributed by atoms with E-state index < -0.39 is 17.0 Å². The van der Waals surface area contributed by atoms with Gasteiger partial charge in [-0.25, -0.2) is 8.78 Å². The molecule has 0 saturated heterocycles. The summed E-state index contributed by atoms with van der Waals surface area (Å²) in [5.74, 6) is -0.699. The Balaban J connectivity index is 2.40. The third-order valence-electron chi connectivity index (χ3n) is 2.71. The zero-order chi connectivity index (χ0) is 14.0. The molecule has 2 aromatic rings. The Labute approximate surface area is 123 Å². The van der Waals surface area contributed by atoms with E-state index in [4.69, 9.17) is 16.3 Å². The molecule has 2 rings (SSSR count). The number of hydrogen-bond acceptors (Lipinski definition) is 1. The summed E-state index contributed by atoms with van der Waals surface area (Å²) in [5.41, 5.74) is 0.442. The van der Waals surface area contributed by atoms with Gasteiger partial charge in [0.05, 0.1) is 12.5 Å². The Kier molecular flexibility index (Phi) is 4.42. The normalized spacial score (nSPS) is 12.3. The fourth-order valence-electron chi connectivity index (χ4n) is 1.74. The number of ether oxygens (including phenoxy) is 1. The predicted octanol–water partition coefficient (Wildman–Crippen LogP) is 5.06. The summed E-state index contributed by atoms with van der Waals surface area (Å²) < 4.78 is 33.0. The minimum Gasteiger partial charge on any atom is -0.497 e. The first-order valence-electron chi connectivity index (χ1n) is 5.45. The second-order valence-electron chi connectivity index (χ2n) is 3.92. The maximum Gasteiger partial charge on any atom is 0.132 e. The van der Waals surface area contributed by atoms with Crippen LogP contribution in [-0.4, -0.2) is 7.11 Å². The molecule has 0 spiro atoms. The van der Waals surface area contributed by atoms with Gasteiger partial charge < -0.3 is 4.74 Å². The van der Waals surface area contributed by atoms with E-state index in [1.807, 2.05) is 0 Å². The SMILES string of the molecule is COc1ccc(C(Cl)c2c(F)cc(Br)cc2F)cc1. The molecular weight excluding hydrogens is 338 g/mol. The zero-order valence-corrected chi connectivity index (χ0v) is 12.3. The van der Waals surface area contributed by atoms with Gasteiger partial charge >= 0.3 is 0 Å². The van der Waals surface area contributed by atoms with Crippen LogP contribution in [0.15, 0.2) is 40.9 Å². The minimum atomic E-state index is -0.890. The highest BCUT2D eigenvalue weighted by Crippen LogP contribution is 2.34. The maximum absolute atomic E-state index is 13.8. The Morgan fingerprint density at radius 2 is 1.63 bits per heavy atom. The first-order valence-corrected chi connectivity index (χ1v) is 6.68. The molecule has 0 fully saturated rings. The molecule has 0 aromatic heterocycles. The molecule has 1 nitrogen and oxygen atoms in total. The number of hydrogen-bond donors (Lipinski definition) is 0. The van der Waals surface area contributed by atoms with E-state index in [1.54, 1.807) is 31.4 Å². The molecule has 0 radical (unpaired) electrons. The van der Waals surface area contributed by atoms with E-state index in [0.717, 1.165) is 0 Å². The second kappa shape index (κ2) is 5.88. The zero-order valence-electron chi connectivity index (χ0n) is 9.96. The van der Waals surface area contributed by atoms with Crippen LogP contribution in [0.4, 0.5) is 8.78 Å². The fraction of sp³-hybridized carbons (Fsp3) is 0.143. The van der Waals surface area contributed by atoms with E-state index in [1.165, 1.54) is 12.1 Å². The van der Waals surface area contributed by atoms with Crippen molar-refractivity contribution in [3.63, 3.8) is 0 Å². The minimum absolute atomic E-state index is 0.157.